The second-order valence-electron chi connectivity index (χ2n) is 7.80. The Kier molecular flexibility index (Phi) is 6.80. The number of nitrogens with zero attached hydrogens (tertiary/aromatic N) is 3. The van der Waals surface area contributed by atoms with E-state index in [-0.39, 0.29) is 26.0 Å². The first kappa shape index (κ1) is 24.3. The minimum Gasteiger partial charge on any atom is -0.495 e. The molecule has 0 saturated carbocycles. The van der Waals surface area contributed by atoms with E-state index in [1.807, 2.05) is 6.07 Å². The lowest BCUT2D eigenvalue weighted by Crippen LogP contribution is -2.35. The van der Waals surface area contributed by atoms with Gasteiger partial charge in [-0.3, -0.25) is 14.2 Å². The van der Waals surface area contributed by atoms with Crippen LogP contribution in [0.5, 0.6) is 5.75 Å². The lowest BCUT2D eigenvalue weighted by Gasteiger charge is -2.14. The van der Waals surface area contributed by atoms with Gasteiger partial charge in [-0.05, 0) is 42.7 Å². The van der Waals surface area contributed by atoms with Crippen molar-refractivity contribution in [2.75, 3.05) is 20.2 Å². The average Bonchev–Trinajstić information content (AvgIpc) is 3.48. The van der Waals surface area contributed by atoms with Crippen LogP contribution in [0.25, 0.3) is 17.3 Å². The van der Waals surface area contributed by atoms with Crippen molar-refractivity contribution in [3.05, 3.63) is 79.2 Å². The molecule has 1 amide bonds. The van der Waals surface area contributed by atoms with Gasteiger partial charge in [0.1, 0.15) is 16.5 Å². The molecule has 0 atom stereocenters. The summed E-state index contributed by atoms with van der Waals surface area (Å²) in [6, 6.07) is 13.4. The highest BCUT2D eigenvalue weighted by Gasteiger charge is 2.32. The SMILES string of the molecule is COc1ccccc1-n1c(=O)/c(=C\c2ccccc2C(F)(F)F)s/c1=C(/C#N)C(=O)N1CCCC1. The van der Waals surface area contributed by atoms with E-state index >= 15 is 0 Å². The molecule has 3 aromatic rings. The van der Waals surface area contributed by atoms with Gasteiger partial charge in [0, 0.05) is 13.1 Å². The number of hydrogen-bond donors (Lipinski definition) is 0. The van der Waals surface area contributed by atoms with E-state index in [2.05, 4.69) is 0 Å². The van der Waals surface area contributed by atoms with Gasteiger partial charge in [-0.2, -0.15) is 18.4 Å². The van der Waals surface area contributed by atoms with E-state index in [0.717, 1.165) is 40.9 Å². The minimum absolute atomic E-state index is 0.0367. The number of carbonyl (C=O) groups excluding carboxylic acids is 1. The molecule has 0 radical (unpaired) electrons. The van der Waals surface area contributed by atoms with Gasteiger partial charge in [-0.25, -0.2) is 0 Å². The molecule has 1 saturated heterocycles. The fourth-order valence-corrected chi connectivity index (χ4v) is 5.05. The topological polar surface area (TPSA) is 75.3 Å². The standard InChI is InChI=1S/C25H20F3N3O3S/c1-34-20-11-5-4-10-19(20)31-23(33)21(14-16-8-2-3-9-18(16)25(26,27)28)35-24(31)17(15-29)22(32)30-12-6-7-13-30/h2-5,8-11,14H,6-7,12-13H2,1H3/b21-14+,24-17-. The van der Waals surface area contributed by atoms with Gasteiger partial charge >= 0.3 is 6.18 Å². The van der Waals surface area contributed by atoms with Crippen LogP contribution >= 0.6 is 11.3 Å². The summed E-state index contributed by atoms with van der Waals surface area (Å²) in [5.41, 5.74) is -1.72. The number of hydrogen-bond acceptors (Lipinski definition) is 5. The van der Waals surface area contributed by atoms with Crippen LogP contribution in [0.3, 0.4) is 0 Å². The van der Waals surface area contributed by atoms with Crippen molar-refractivity contribution in [1.29, 1.82) is 5.26 Å². The normalized spacial score (nSPS) is 15.2. The number of benzene rings is 2. The third kappa shape index (κ3) is 4.72. The molecule has 1 fully saturated rings. The number of aromatic nitrogens is 1. The summed E-state index contributed by atoms with van der Waals surface area (Å²) in [7, 11) is 1.41. The monoisotopic (exact) mass is 499 g/mol. The van der Waals surface area contributed by atoms with Gasteiger partial charge in [0.2, 0.25) is 0 Å². The maximum absolute atomic E-state index is 13.5. The lowest BCUT2D eigenvalue weighted by molar-refractivity contribution is -0.137. The molecule has 0 aliphatic carbocycles. The number of nitriles is 1. The van der Waals surface area contributed by atoms with Gasteiger partial charge in [0.05, 0.1) is 22.9 Å². The Hall–Kier alpha value is -3.84. The number of ether oxygens (including phenoxy) is 1. The number of amides is 1. The van der Waals surface area contributed by atoms with Gasteiger partial charge in [0.15, 0.2) is 5.57 Å². The van der Waals surface area contributed by atoms with E-state index in [0.29, 0.717) is 18.8 Å². The summed E-state index contributed by atoms with van der Waals surface area (Å²) in [5.74, 6) is -0.209. The van der Waals surface area contributed by atoms with E-state index in [4.69, 9.17) is 4.74 Å². The van der Waals surface area contributed by atoms with Gasteiger partial charge in [-0.15, -0.1) is 11.3 Å². The summed E-state index contributed by atoms with van der Waals surface area (Å²) in [5, 5.41) is 9.92. The van der Waals surface area contributed by atoms with Crippen molar-refractivity contribution in [2.24, 2.45) is 0 Å². The third-order valence-corrected chi connectivity index (χ3v) is 6.73. The van der Waals surface area contributed by atoms with Gasteiger partial charge < -0.3 is 9.64 Å². The first-order valence-corrected chi connectivity index (χ1v) is 11.5. The van der Waals surface area contributed by atoms with E-state index < -0.39 is 23.2 Å². The van der Waals surface area contributed by atoms with E-state index in [9.17, 15) is 28.0 Å². The van der Waals surface area contributed by atoms with Crippen LogP contribution in [0.1, 0.15) is 24.0 Å². The minimum atomic E-state index is -4.62. The van der Waals surface area contributed by atoms with E-state index in [1.165, 1.54) is 30.2 Å². The molecule has 180 valence electrons. The summed E-state index contributed by atoms with van der Waals surface area (Å²) in [4.78, 5) is 28.2. The van der Waals surface area contributed by atoms with Crippen LogP contribution in [0.15, 0.2) is 53.3 Å². The Morgan fingerprint density at radius 3 is 2.43 bits per heavy atom. The second-order valence-corrected chi connectivity index (χ2v) is 8.83. The van der Waals surface area contributed by atoms with Crippen molar-refractivity contribution in [3.8, 4) is 17.5 Å². The van der Waals surface area contributed by atoms with Crippen LogP contribution in [0.2, 0.25) is 0 Å². The zero-order valence-electron chi connectivity index (χ0n) is 18.6. The van der Waals surface area contributed by atoms with Crippen LogP contribution < -0.4 is 19.5 Å². The Bertz CT molecular complexity index is 1490. The quantitative estimate of drug-likeness (QED) is 0.553. The maximum Gasteiger partial charge on any atom is 0.416 e. The Labute approximate surface area is 202 Å². The molecule has 4 rings (SSSR count). The maximum atomic E-state index is 13.5. The van der Waals surface area contributed by atoms with Crippen LogP contribution in [-0.2, 0) is 11.0 Å². The molecule has 0 spiro atoms. The molecule has 1 aliphatic heterocycles. The molecule has 2 aromatic carbocycles. The van der Waals surface area contributed by atoms with Crippen LogP contribution in [-0.4, -0.2) is 35.6 Å². The van der Waals surface area contributed by atoms with Crippen LogP contribution in [0.4, 0.5) is 13.2 Å². The van der Waals surface area contributed by atoms with Crippen molar-refractivity contribution < 1.29 is 22.7 Å². The van der Waals surface area contributed by atoms with Gasteiger partial charge in [-0.1, -0.05) is 30.3 Å². The number of likely N-dealkylation sites (tertiary alicyclic amines) is 1. The molecule has 1 aliphatic rings. The molecular formula is C25H20F3N3O3S. The van der Waals surface area contributed by atoms with Crippen molar-refractivity contribution in [2.45, 2.75) is 19.0 Å². The highest BCUT2D eigenvalue weighted by atomic mass is 32.1. The molecular weight excluding hydrogens is 479 g/mol. The van der Waals surface area contributed by atoms with E-state index in [1.54, 1.807) is 24.3 Å². The van der Waals surface area contributed by atoms with Gasteiger partial charge in [0.25, 0.3) is 11.5 Å². The molecule has 0 bridgehead atoms. The number of halogens is 3. The average molecular weight is 500 g/mol. The Morgan fingerprint density at radius 1 is 1.11 bits per heavy atom. The summed E-state index contributed by atoms with van der Waals surface area (Å²) >= 11 is 0.799. The van der Waals surface area contributed by atoms with Crippen LogP contribution in [0, 0.1) is 11.3 Å². The third-order valence-electron chi connectivity index (χ3n) is 5.64. The van der Waals surface area contributed by atoms with Crippen molar-refractivity contribution in [3.63, 3.8) is 0 Å². The summed E-state index contributed by atoms with van der Waals surface area (Å²) in [6.07, 6.45) is -1.87. The molecule has 6 nitrogen and oxygen atoms in total. The summed E-state index contributed by atoms with van der Waals surface area (Å²) < 4.78 is 47.2. The molecule has 1 aromatic heterocycles. The smallest absolute Gasteiger partial charge is 0.416 e. The number of thiazole rings is 1. The second kappa shape index (κ2) is 9.80. The zero-order chi connectivity index (χ0) is 25.2. The molecule has 0 N–H and O–H groups in total. The largest absolute Gasteiger partial charge is 0.495 e. The summed E-state index contributed by atoms with van der Waals surface area (Å²) in [6.45, 7) is 0.985. The molecule has 2 heterocycles. The predicted octanol–water partition coefficient (Wildman–Crippen LogP) is 3.05. The van der Waals surface area contributed by atoms with Crippen molar-refractivity contribution >= 4 is 28.9 Å². The zero-order valence-corrected chi connectivity index (χ0v) is 19.4. The highest BCUT2D eigenvalue weighted by molar-refractivity contribution is 7.07. The number of rotatable bonds is 4. The Morgan fingerprint density at radius 2 is 1.77 bits per heavy atom. The number of alkyl halides is 3. The fourth-order valence-electron chi connectivity index (χ4n) is 3.97. The van der Waals surface area contributed by atoms with Crippen molar-refractivity contribution in [1.82, 2.24) is 9.47 Å². The number of para-hydroxylation sites is 2. The molecule has 10 heteroatoms. The first-order valence-electron chi connectivity index (χ1n) is 10.7. The Balaban J connectivity index is 2.08. The lowest BCUT2D eigenvalue weighted by atomic mass is 10.1. The first-order chi connectivity index (χ1) is 16.8. The predicted molar refractivity (Wildman–Crippen MR) is 126 cm³/mol. The number of carbonyl (C=O) groups is 1. The fraction of sp³-hybridized carbons (Fsp3) is 0.240. The number of methoxy groups -OCH3 is 1. The molecule has 0 unspecified atom stereocenters. The highest BCUT2D eigenvalue weighted by Crippen LogP contribution is 2.32. The molecule has 35 heavy (non-hydrogen) atoms.